The van der Waals surface area contributed by atoms with Crippen molar-refractivity contribution in [3.05, 3.63) is 28.8 Å². The molecule has 0 aromatic heterocycles. The minimum atomic E-state index is -0.134. The van der Waals surface area contributed by atoms with Gasteiger partial charge in [-0.1, -0.05) is 17.7 Å². The van der Waals surface area contributed by atoms with Crippen molar-refractivity contribution in [2.24, 2.45) is 0 Å². The molecule has 0 spiro atoms. The molecule has 0 radical (unpaired) electrons. The number of carbonyl (C=O) groups excluding carboxylic acids is 1. The van der Waals surface area contributed by atoms with E-state index in [1.54, 1.807) is 6.07 Å². The molecule has 19 heavy (non-hydrogen) atoms. The summed E-state index contributed by atoms with van der Waals surface area (Å²) in [5, 5.41) is 0.556. The zero-order chi connectivity index (χ0) is 14.6. The molecule has 0 saturated heterocycles. The van der Waals surface area contributed by atoms with Crippen LogP contribution in [0.1, 0.15) is 39.7 Å². The fourth-order valence-electron chi connectivity index (χ4n) is 2.16. The number of nitrogens with two attached hydrogens (primary N) is 1. The molecule has 0 aliphatic rings. The standard InChI is InChI=1S/C15H23ClN2O/c1-5-18(15(2,3)4)14(19)9-7-11-6-8-12(16)13(17)10-11/h6,8,10H,5,7,9,17H2,1-4H3. The maximum atomic E-state index is 12.2. The minimum Gasteiger partial charge on any atom is -0.398 e. The lowest BCUT2D eigenvalue weighted by Crippen LogP contribution is -2.45. The van der Waals surface area contributed by atoms with Gasteiger partial charge in [-0.15, -0.1) is 0 Å². The van der Waals surface area contributed by atoms with Gasteiger partial charge < -0.3 is 10.6 Å². The molecular formula is C15H23ClN2O. The minimum absolute atomic E-state index is 0.134. The van der Waals surface area contributed by atoms with Gasteiger partial charge in [0.1, 0.15) is 0 Å². The summed E-state index contributed by atoms with van der Waals surface area (Å²) >= 11 is 5.88. The van der Waals surface area contributed by atoms with E-state index in [1.807, 2.05) is 24.0 Å². The van der Waals surface area contributed by atoms with Crippen LogP contribution in [0.15, 0.2) is 18.2 Å². The lowest BCUT2D eigenvalue weighted by Gasteiger charge is -2.35. The number of halogens is 1. The molecular weight excluding hydrogens is 260 g/mol. The van der Waals surface area contributed by atoms with Crippen molar-refractivity contribution in [3.63, 3.8) is 0 Å². The number of aryl methyl sites for hydroxylation is 1. The summed E-state index contributed by atoms with van der Waals surface area (Å²) < 4.78 is 0. The SMILES string of the molecule is CCN(C(=O)CCc1ccc(Cl)c(N)c1)C(C)(C)C. The number of anilines is 1. The normalized spacial score (nSPS) is 11.4. The molecule has 1 amide bonds. The highest BCUT2D eigenvalue weighted by molar-refractivity contribution is 6.33. The predicted octanol–water partition coefficient (Wildman–Crippen LogP) is 3.50. The summed E-state index contributed by atoms with van der Waals surface area (Å²) in [5.41, 5.74) is 7.23. The smallest absolute Gasteiger partial charge is 0.223 e. The molecule has 1 aromatic rings. The number of hydrogen-bond acceptors (Lipinski definition) is 2. The van der Waals surface area contributed by atoms with Gasteiger partial charge in [0, 0.05) is 18.5 Å². The number of rotatable bonds is 4. The third kappa shape index (κ3) is 4.43. The maximum absolute atomic E-state index is 12.2. The number of hydrogen-bond donors (Lipinski definition) is 1. The van der Waals surface area contributed by atoms with Gasteiger partial charge in [-0.05, 0) is 51.8 Å². The Morgan fingerprint density at radius 1 is 1.37 bits per heavy atom. The maximum Gasteiger partial charge on any atom is 0.223 e. The summed E-state index contributed by atoms with van der Waals surface area (Å²) in [6, 6.07) is 5.53. The fraction of sp³-hybridized carbons (Fsp3) is 0.533. The largest absolute Gasteiger partial charge is 0.398 e. The Morgan fingerprint density at radius 3 is 2.47 bits per heavy atom. The van der Waals surface area contributed by atoms with Gasteiger partial charge in [-0.3, -0.25) is 4.79 Å². The molecule has 0 bridgehead atoms. The van der Waals surface area contributed by atoms with Crippen LogP contribution in [-0.2, 0) is 11.2 Å². The second-order valence-electron chi connectivity index (χ2n) is 5.66. The number of carbonyl (C=O) groups is 1. The van der Waals surface area contributed by atoms with Gasteiger partial charge in [-0.2, -0.15) is 0 Å². The van der Waals surface area contributed by atoms with E-state index in [2.05, 4.69) is 20.8 Å². The van der Waals surface area contributed by atoms with Gasteiger partial charge in [0.15, 0.2) is 0 Å². The van der Waals surface area contributed by atoms with Gasteiger partial charge >= 0.3 is 0 Å². The van der Waals surface area contributed by atoms with Crippen LogP contribution in [0.3, 0.4) is 0 Å². The van der Waals surface area contributed by atoms with Crippen molar-refractivity contribution >= 4 is 23.2 Å². The average Bonchev–Trinajstić information content (AvgIpc) is 2.29. The van der Waals surface area contributed by atoms with Gasteiger partial charge in [-0.25, -0.2) is 0 Å². The van der Waals surface area contributed by atoms with Crippen LogP contribution in [-0.4, -0.2) is 22.9 Å². The number of amides is 1. The summed E-state index contributed by atoms with van der Waals surface area (Å²) in [4.78, 5) is 14.1. The Bertz CT molecular complexity index is 452. The van der Waals surface area contributed by atoms with E-state index in [-0.39, 0.29) is 11.4 Å². The molecule has 1 rings (SSSR count). The Hall–Kier alpha value is -1.22. The Morgan fingerprint density at radius 2 is 2.00 bits per heavy atom. The summed E-state index contributed by atoms with van der Waals surface area (Å²) in [7, 11) is 0. The first-order valence-corrected chi connectivity index (χ1v) is 6.98. The third-order valence-electron chi connectivity index (χ3n) is 3.11. The number of benzene rings is 1. The van der Waals surface area contributed by atoms with E-state index in [9.17, 15) is 4.79 Å². The van der Waals surface area contributed by atoms with E-state index >= 15 is 0 Å². The molecule has 0 aliphatic heterocycles. The highest BCUT2D eigenvalue weighted by atomic mass is 35.5. The van der Waals surface area contributed by atoms with Crippen LogP contribution < -0.4 is 5.73 Å². The van der Waals surface area contributed by atoms with Crippen LogP contribution in [0.2, 0.25) is 5.02 Å². The summed E-state index contributed by atoms with van der Waals surface area (Å²) in [6.45, 7) is 8.88. The third-order valence-corrected chi connectivity index (χ3v) is 3.46. The van der Waals surface area contributed by atoms with Crippen LogP contribution in [0, 0.1) is 0 Å². The fourth-order valence-corrected chi connectivity index (χ4v) is 2.28. The van der Waals surface area contributed by atoms with E-state index in [1.165, 1.54) is 0 Å². The quantitative estimate of drug-likeness (QED) is 0.859. The first-order valence-electron chi connectivity index (χ1n) is 6.60. The Labute approximate surface area is 120 Å². The number of nitrogens with zero attached hydrogens (tertiary/aromatic N) is 1. The average molecular weight is 283 g/mol. The van der Waals surface area contributed by atoms with Crippen LogP contribution in [0.4, 0.5) is 5.69 Å². The highest BCUT2D eigenvalue weighted by Gasteiger charge is 2.24. The van der Waals surface area contributed by atoms with Crippen molar-refractivity contribution in [2.75, 3.05) is 12.3 Å². The molecule has 4 heteroatoms. The molecule has 3 nitrogen and oxygen atoms in total. The van der Waals surface area contributed by atoms with E-state index in [4.69, 9.17) is 17.3 Å². The van der Waals surface area contributed by atoms with Crippen LogP contribution >= 0.6 is 11.6 Å². The lowest BCUT2D eigenvalue weighted by atomic mass is 10.0. The topological polar surface area (TPSA) is 46.3 Å². The number of nitrogen functional groups attached to an aromatic ring is 1. The molecule has 0 heterocycles. The molecule has 0 fully saturated rings. The van der Waals surface area contributed by atoms with Gasteiger partial charge in [0.05, 0.1) is 10.7 Å². The molecule has 0 aliphatic carbocycles. The molecule has 106 valence electrons. The first-order chi connectivity index (χ1) is 8.75. The van der Waals surface area contributed by atoms with Crippen molar-refractivity contribution in [1.29, 1.82) is 0 Å². The van der Waals surface area contributed by atoms with Crippen LogP contribution in [0.5, 0.6) is 0 Å². The van der Waals surface area contributed by atoms with E-state index < -0.39 is 0 Å². The monoisotopic (exact) mass is 282 g/mol. The zero-order valence-electron chi connectivity index (χ0n) is 12.2. The molecule has 0 unspecified atom stereocenters. The molecule has 2 N–H and O–H groups in total. The second kappa shape index (κ2) is 6.29. The first kappa shape index (κ1) is 15.8. The van der Waals surface area contributed by atoms with Crippen molar-refractivity contribution in [1.82, 2.24) is 4.90 Å². The summed E-state index contributed by atoms with van der Waals surface area (Å²) in [6.07, 6.45) is 1.18. The van der Waals surface area contributed by atoms with Gasteiger partial charge in [0.25, 0.3) is 0 Å². The summed E-state index contributed by atoms with van der Waals surface area (Å²) in [5.74, 6) is 0.170. The molecule has 0 saturated carbocycles. The van der Waals surface area contributed by atoms with E-state index in [0.29, 0.717) is 23.6 Å². The van der Waals surface area contributed by atoms with Crippen molar-refractivity contribution < 1.29 is 4.79 Å². The lowest BCUT2D eigenvalue weighted by molar-refractivity contribution is -0.135. The predicted molar refractivity (Wildman–Crippen MR) is 81.3 cm³/mol. The highest BCUT2D eigenvalue weighted by Crippen LogP contribution is 2.21. The van der Waals surface area contributed by atoms with Crippen LogP contribution in [0.25, 0.3) is 0 Å². The van der Waals surface area contributed by atoms with Crippen molar-refractivity contribution in [2.45, 2.75) is 46.1 Å². The van der Waals surface area contributed by atoms with Crippen molar-refractivity contribution in [3.8, 4) is 0 Å². The second-order valence-corrected chi connectivity index (χ2v) is 6.07. The molecule has 1 aromatic carbocycles. The molecule has 0 atom stereocenters. The Kier molecular flexibility index (Phi) is 5.24. The van der Waals surface area contributed by atoms with E-state index in [0.717, 1.165) is 12.1 Å². The zero-order valence-corrected chi connectivity index (χ0v) is 12.9. The van der Waals surface area contributed by atoms with Gasteiger partial charge in [0.2, 0.25) is 5.91 Å². The Balaban J connectivity index is 2.65.